The lowest BCUT2D eigenvalue weighted by Gasteiger charge is -2.13. The number of rotatable bonds is 2. The van der Waals surface area contributed by atoms with Crippen molar-refractivity contribution in [2.45, 2.75) is 13.1 Å². The van der Waals surface area contributed by atoms with Crippen LogP contribution in [0.25, 0.3) is 0 Å². The molecule has 21 heavy (non-hydrogen) atoms. The number of hydrogen-bond acceptors (Lipinski definition) is 1. The average molecular weight is 361 g/mol. The first-order valence-corrected chi connectivity index (χ1v) is 6.67. The third-order valence-corrected chi connectivity index (χ3v) is 3.39. The van der Waals surface area contributed by atoms with Gasteiger partial charge in [0.1, 0.15) is 5.82 Å². The second kappa shape index (κ2) is 5.60. The summed E-state index contributed by atoms with van der Waals surface area (Å²) < 4.78 is 52.9. The number of carbonyl (C=O) groups is 1. The maximum atomic E-state index is 13.7. The minimum Gasteiger partial charge on any atom is -0.288 e. The first-order chi connectivity index (χ1) is 9.70. The lowest BCUT2D eigenvalue weighted by molar-refractivity contribution is -0.137. The number of halogens is 5. The Hall–Kier alpha value is -1.69. The van der Waals surface area contributed by atoms with Crippen molar-refractivity contribution < 1.29 is 22.4 Å². The summed E-state index contributed by atoms with van der Waals surface area (Å²) in [5.74, 6) is -1.84. The second-order valence-electron chi connectivity index (χ2n) is 4.50. The molecule has 2 aromatic rings. The van der Waals surface area contributed by atoms with Crippen molar-refractivity contribution in [1.29, 1.82) is 0 Å². The first-order valence-electron chi connectivity index (χ1n) is 5.88. The molecule has 6 heteroatoms. The summed E-state index contributed by atoms with van der Waals surface area (Å²) in [6, 6.07) is 6.90. The highest BCUT2D eigenvalue weighted by molar-refractivity contribution is 9.10. The Bertz CT molecular complexity index is 707. The Kier molecular flexibility index (Phi) is 4.18. The van der Waals surface area contributed by atoms with Crippen LogP contribution in [0, 0.1) is 12.7 Å². The topological polar surface area (TPSA) is 17.1 Å². The lowest BCUT2D eigenvalue weighted by Crippen LogP contribution is -2.15. The van der Waals surface area contributed by atoms with Crippen molar-refractivity contribution in [3.63, 3.8) is 0 Å². The van der Waals surface area contributed by atoms with Crippen LogP contribution in [0.5, 0.6) is 0 Å². The van der Waals surface area contributed by atoms with Crippen molar-refractivity contribution in [2.24, 2.45) is 0 Å². The van der Waals surface area contributed by atoms with Crippen LogP contribution in [0.2, 0.25) is 0 Å². The van der Waals surface area contributed by atoms with Crippen LogP contribution < -0.4 is 0 Å². The number of alkyl halides is 3. The van der Waals surface area contributed by atoms with Gasteiger partial charge in [0.25, 0.3) is 0 Å². The van der Waals surface area contributed by atoms with Crippen molar-refractivity contribution >= 4 is 21.7 Å². The van der Waals surface area contributed by atoms with E-state index in [1.54, 1.807) is 6.92 Å². The Morgan fingerprint density at radius 3 is 2.33 bits per heavy atom. The Labute approximate surface area is 126 Å². The summed E-state index contributed by atoms with van der Waals surface area (Å²) in [4.78, 5) is 12.2. The molecule has 2 aromatic carbocycles. The molecule has 0 atom stereocenters. The van der Waals surface area contributed by atoms with Gasteiger partial charge in [-0.15, -0.1) is 0 Å². The lowest BCUT2D eigenvalue weighted by atomic mass is 9.96. The SMILES string of the molecule is Cc1ccc(F)c(C(=O)c2ccc(Br)cc2C(F)(F)F)c1. The molecule has 0 heterocycles. The zero-order valence-corrected chi connectivity index (χ0v) is 12.3. The number of benzene rings is 2. The monoisotopic (exact) mass is 360 g/mol. The summed E-state index contributed by atoms with van der Waals surface area (Å²) >= 11 is 2.93. The molecule has 0 aliphatic rings. The third kappa shape index (κ3) is 3.32. The van der Waals surface area contributed by atoms with Crippen molar-refractivity contribution in [1.82, 2.24) is 0 Å². The van der Waals surface area contributed by atoms with Crippen molar-refractivity contribution in [3.8, 4) is 0 Å². The van der Waals surface area contributed by atoms with E-state index in [9.17, 15) is 22.4 Å². The Morgan fingerprint density at radius 2 is 1.71 bits per heavy atom. The molecule has 0 saturated carbocycles. The number of carbonyl (C=O) groups excluding carboxylic acids is 1. The molecule has 2 rings (SSSR count). The quantitative estimate of drug-likeness (QED) is 0.534. The van der Waals surface area contributed by atoms with Gasteiger partial charge in [0, 0.05) is 10.0 Å². The van der Waals surface area contributed by atoms with Crippen LogP contribution in [-0.4, -0.2) is 5.78 Å². The molecule has 0 saturated heterocycles. The van der Waals surface area contributed by atoms with Gasteiger partial charge in [0.15, 0.2) is 5.78 Å². The van der Waals surface area contributed by atoms with E-state index in [1.807, 2.05) is 0 Å². The van der Waals surface area contributed by atoms with Gasteiger partial charge in [-0.05, 0) is 37.3 Å². The van der Waals surface area contributed by atoms with Crippen LogP contribution in [0.3, 0.4) is 0 Å². The predicted molar refractivity (Wildman–Crippen MR) is 73.7 cm³/mol. The van der Waals surface area contributed by atoms with E-state index in [1.165, 1.54) is 18.2 Å². The zero-order chi connectivity index (χ0) is 15.8. The van der Waals surface area contributed by atoms with Gasteiger partial charge < -0.3 is 0 Å². The third-order valence-electron chi connectivity index (χ3n) is 2.90. The molecule has 0 aliphatic heterocycles. The maximum Gasteiger partial charge on any atom is 0.417 e. The summed E-state index contributed by atoms with van der Waals surface area (Å²) in [6.07, 6.45) is -4.70. The molecule has 1 nitrogen and oxygen atoms in total. The molecule has 0 spiro atoms. The second-order valence-corrected chi connectivity index (χ2v) is 5.42. The smallest absolute Gasteiger partial charge is 0.288 e. The van der Waals surface area contributed by atoms with Crippen molar-refractivity contribution in [2.75, 3.05) is 0 Å². The number of ketones is 1. The fourth-order valence-electron chi connectivity index (χ4n) is 1.91. The van der Waals surface area contributed by atoms with E-state index in [2.05, 4.69) is 15.9 Å². The molecule has 0 bridgehead atoms. The van der Waals surface area contributed by atoms with E-state index in [-0.39, 0.29) is 10.0 Å². The largest absolute Gasteiger partial charge is 0.417 e. The van der Waals surface area contributed by atoms with E-state index in [0.717, 1.165) is 18.2 Å². The molecule has 110 valence electrons. The van der Waals surface area contributed by atoms with Gasteiger partial charge in [-0.3, -0.25) is 4.79 Å². The summed E-state index contributed by atoms with van der Waals surface area (Å²) in [5.41, 5.74) is -1.45. The average Bonchev–Trinajstić information content (AvgIpc) is 2.40. The molecule has 0 fully saturated rings. The highest BCUT2D eigenvalue weighted by atomic mass is 79.9. The van der Waals surface area contributed by atoms with Crippen LogP contribution in [-0.2, 0) is 6.18 Å². The van der Waals surface area contributed by atoms with Gasteiger partial charge in [0.05, 0.1) is 11.1 Å². The van der Waals surface area contributed by atoms with E-state index in [0.29, 0.717) is 5.56 Å². The van der Waals surface area contributed by atoms with Gasteiger partial charge >= 0.3 is 6.18 Å². The minimum absolute atomic E-state index is 0.191. The molecular formula is C15H9BrF4O. The van der Waals surface area contributed by atoms with Crippen LogP contribution in [0.15, 0.2) is 40.9 Å². The van der Waals surface area contributed by atoms with Gasteiger partial charge in [-0.1, -0.05) is 27.6 Å². The highest BCUT2D eigenvalue weighted by Crippen LogP contribution is 2.35. The standard InChI is InChI=1S/C15H9BrF4O/c1-8-2-5-13(17)11(6-8)14(21)10-4-3-9(16)7-12(10)15(18,19)20/h2-7H,1H3. The zero-order valence-electron chi connectivity index (χ0n) is 10.8. The van der Waals surface area contributed by atoms with Crippen LogP contribution in [0.4, 0.5) is 17.6 Å². The summed E-state index contributed by atoms with van der Waals surface area (Å²) in [5, 5.41) is 0. The molecule has 0 N–H and O–H groups in total. The Balaban J connectivity index is 2.61. The molecule has 0 aromatic heterocycles. The normalized spacial score (nSPS) is 11.5. The summed E-state index contributed by atoms with van der Waals surface area (Å²) in [7, 11) is 0. The van der Waals surface area contributed by atoms with Gasteiger partial charge in [0.2, 0.25) is 0 Å². The molecule has 0 radical (unpaired) electrons. The predicted octanol–water partition coefficient (Wildman–Crippen LogP) is 5.15. The van der Waals surface area contributed by atoms with Gasteiger partial charge in [-0.2, -0.15) is 13.2 Å². The van der Waals surface area contributed by atoms with Crippen LogP contribution >= 0.6 is 15.9 Å². The summed E-state index contributed by atoms with van der Waals surface area (Å²) in [6.45, 7) is 1.63. The fraction of sp³-hybridized carbons (Fsp3) is 0.133. The fourth-order valence-corrected chi connectivity index (χ4v) is 2.27. The first kappa shape index (κ1) is 15.7. The Morgan fingerprint density at radius 1 is 1.05 bits per heavy atom. The maximum absolute atomic E-state index is 13.7. The molecule has 0 amide bonds. The molecule has 0 aliphatic carbocycles. The molecule has 0 unspecified atom stereocenters. The number of hydrogen-bond donors (Lipinski definition) is 0. The highest BCUT2D eigenvalue weighted by Gasteiger charge is 2.36. The van der Waals surface area contributed by atoms with E-state index in [4.69, 9.17) is 0 Å². The van der Waals surface area contributed by atoms with Crippen LogP contribution in [0.1, 0.15) is 27.0 Å². The van der Waals surface area contributed by atoms with E-state index >= 15 is 0 Å². The minimum atomic E-state index is -4.70. The molecular weight excluding hydrogens is 352 g/mol. The van der Waals surface area contributed by atoms with Gasteiger partial charge in [-0.25, -0.2) is 4.39 Å². The van der Waals surface area contributed by atoms with Crippen molar-refractivity contribution in [3.05, 3.63) is 68.9 Å². The number of aryl methyl sites for hydroxylation is 1. The van der Waals surface area contributed by atoms with E-state index < -0.39 is 28.9 Å².